The predicted molar refractivity (Wildman–Crippen MR) is 224 cm³/mol. The quantitative estimate of drug-likeness (QED) is 0.169. The highest BCUT2D eigenvalue weighted by atomic mass is 32.1. The third-order valence-corrected chi connectivity index (χ3v) is 11.9. The van der Waals surface area contributed by atoms with Gasteiger partial charge in [-0.15, -0.1) is 11.3 Å². The standard InChI is InChI=1S/C50H31NS/c1-2-11-33(12-3-1)39-17-8-13-34-14-9-18-42(49(34)39)40-15-4-6-20-46(40)51(47-21-10-19-43-41-16-5-7-22-48(41)52-50(43)47)38-27-25-32(26-28-38)35-23-24-36-29-37-31-45(37)44(36)30-35/h1-31H. The molecule has 52 heavy (non-hydrogen) atoms. The average Bonchev–Trinajstić information content (AvgIpc) is 3.73. The van der Waals surface area contributed by atoms with E-state index in [9.17, 15) is 0 Å². The van der Waals surface area contributed by atoms with Crippen LogP contribution in [-0.4, -0.2) is 0 Å². The summed E-state index contributed by atoms with van der Waals surface area (Å²) in [6, 6.07) is 69.2. The van der Waals surface area contributed by atoms with Gasteiger partial charge in [-0.2, -0.15) is 0 Å². The van der Waals surface area contributed by atoms with Crippen molar-refractivity contribution in [1.29, 1.82) is 0 Å². The number of thiophene rings is 1. The van der Waals surface area contributed by atoms with E-state index in [1.807, 2.05) is 11.3 Å². The molecule has 0 fully saturated rings. The van der Waals surface area contributed by atoms with Gasteiger partial charge >= 0.3 is 0 Å². The Bertz CT molecular complexity index is 3000. The molecule has 8 aromatic carbocycles. The zero-order chi connectivity index (χ0) is 34.2. The Balaban J connectivity index is 1.14. The van der Waals surface area contributed by atoms with Gasteiger partial charge in [-0.3, -0.25) is 0 Å². The highest BCUT2D eigenvalue weighted by molar-refractivity contribution is 7.26. The molecule has 9 aromatic rings. The lowest BCUT2D eigenvalue weighted by Gasteiger charge is -2.29. The second kappa shape index (κ2) is 11.5. The summed E-state index contributed by atoms with van der Waals surface area (Å²) >= 11 is 1.87. The van der Waals surface area contributed by atoms with Crippen molar-refractivity contribution in [3.63, 3.8) is 0 Å². The van der Waals surface area contributed by atoms with Crippen LogP contribution in [0.2, 0.25) is 0 Å². The number of hydrogen-bond donors (Lipinski definition) is 0. The minimum Gasteiger partial charge on any atom is -0.308 e. The molecule has 1 heterocycles. The molecule has 242 valence electrons. The van der Waals surface area contributed by atoms with E-state index in [4.69, 9.17) is 0 Å². The molecule has 0 saturated heterocycles. The summed E-state index contributed by atoms with van der Waals surface area (Å²) in [5.74, 6) is 0. The fourth-order valence-electron chi connectivity index (χ4n) is 8.17. The van der Waals surface area contributed by atoms with E-state index in [0.717, 1.165) is 11.4 Å². The highest BCUT2D eigenvalue weighted by Gasteiger charge is 2.23. The Morgan fingerprint density at radius 3 is 1.92 bits per heavy atom. The number of fused-ring (bicyclic) bond motifs is 7. The number of para-hydroxylation sites is 1. The number of hydrogen-bond acceptors (Lipinski definition) is 2. The van der Waals surface area contributed by atoms with Gasteiger partial charge in [0.05, 0.1) is 16.1 Å². The number of benzene rings is 9. The maximum absolute atomic E-state index is 2.48. The molecular weight excluding hydrogens is 647 g/mol. The molecule has 0 aliphatic heterocycles. The van der Waals surface area contributed by atoms with Crippen molar-refractivity contribution in [2.45, 2.75) is 0 Å². The predicted octanol–water partition coefficient (Wildman–Crippen LogP) is 14.8. The molecule has 0 unspecified atom stereocenters. The summed E-state index contributed by atoms with van der Waals surface area (Å²) in [6.07, 6.45) is 0. The van der Waals surface area contributed by atoms with Gasteiger partial charge < -0.3 is 4.90 Å². The minimum atomic E-state index is 1.12. The molecule has 2 aliphatic rings. The summed E-state index contributed by atoms with van der Waals surface area (Å²) in [7, 11) is 0. The van der Waals surface area contributed by atoms with Gasteiger partial charge in [0.15, 0.2) is 0 Å². The van der Waals surface area contributed by atoms with Gasteiger partial charge in [-0.1, -0.05) is 140 Å². The molecule has 2 heteroatoms. The van der Waals surface area contributed by atoms with Gasteiger partial charge in [0, 0.05) is 26.7 Å². The zero-order valence-corrected chi connectivity index (χ0v) is 29.1. The first-order chi connectivity index (χ1) is 25.8. The van der Waals surface area contributed by atoms with Crippen LogP contribution in [-0.2, 0) is 0 Å². The van der Waals surface area contributed by atoms with Crippen LogP contribution in [0.15, 0.2) is 188 Å². The van der Waals surface area contributed by atoms with E-state index >= 15 is 0 Å². The maximum atomic E-state index is 2.48. The summed E-state index contributed by atoms with van der Waals surface area (Å²) in [5, 5.41) is 7.77. The lowest BCUT2D eigenvalue weighted by Crippen LogP contribution is -2.11. The summed E-state index contributed by atoms with van der Waals surface area (Å²) < 4.78 is 2.58. The van der Waals surface area contributed by atoms with Crippen molar-refractivity contribution in [1.82, 2.24) is 0 Å². The molecule has 0 amide bonds. The van der Waals surface area contributed by atoms with E-state index in [0.29, 0.717) is 0 Å². The molecule has 0 spiro atoms. The largest absolute Gasteiger partial charge is 0.308 e. The molecule has 2 aliphatic carbocycles. The van der Waals surface area contributed by atoms with E-state index in [2.05, 4.69) is 193 Å². The molecular formula is C50H31NS. The molecule has 0 bridgehead atoms. The number of nitrogens with zero attached hydrogens (tertiary/aromatic N) is 1. The molecule has 0 saturated carbocycles. The second-order valence-corrected chi connectivity index (χ2v) is 14.7. The normalized spacial score (nSPS) is 11.8. The van der Waals surface area contributed by atoms with Crippen molar-refractivity contribution in [2.75, 3.05) is 4.90 Å². The van der Waals surface area contributed by atoms with E-state index in [1.165, 1.54) is 91.9 Å². The van der Waals surface area contributed by atoms with E-state index in [1.54, 1.807) is 0 Å². The first-order valence-corrected chi connectivity index (χ1v) is 18.7. The Kier molecular flexibility index (Phi) is 6.49. The SMILES string of the molecule is c1ccc(-c2cccc3cccc(-c4ccccc4N(c4ccc(-c5ccc6cc7cc-7c6c5)cc4)c4cccc5c4sc4ccccc45)c23)cc1. The topological polar surface area (TPSA) is 3.24 Å². The monoisotopic (exact) mass is 677 g/mol. The summed E-state index contributed by atoms with van der Waals surface area (Å²) in [4.78, 5) is 2.48. The minimum absolute atomic E-state index is 1.12. The molecule has 11 rings (SSSR count). The van der Waals surface area contributed by atoms with Gasteiger partial charge in [0.2, 0.25) is 0 Å². The van der Waals surface area contributed by atoms with Crippen molar-refractivity contribution in [2.24, 2.45) is 0 Å². The van der Waals surface area contributed by atoms with Crippen molar-refractivity contribution in [3.8, 4) is 44.5 Å². The van der Waals surface area contributed by atoms with Gasteiger partial charge in [-0.05, 0) is 109 Å². The number of anilines is 3. The van der Waals surface area contributed by atoms with Gasteiger partial charge in [0.25, 0.3) is 0 Å². The summed E-state index contributed by atoms with van der Waals surface area (Å²) in [5.41, 5.74) is 13.6. The third-order valence-electron chi connectivity index (χ3n) is 10.7. The molecule has 1 nitrogen and oxygen atoms in total. The fourth-order valence-corrected chi connectivity index (χ4v) is 9.38. The van der Waals surface area contributed by atoms with Crippen LogP contribution in [0.3, 0.4) is 0 Å². The Morgan fingerprint density at radius 2 is 1.04 bits per heavy atom. The summed E-state index contributed by atoms with van der Waals surface area (Å²) in [6.45, 7) is 0. The second-order valence-electron chi connectivity index (χ2n) is 13.7. The Morgan fingerprint density at radius 1 is 0.346 bits per heavy atom. The van der Waals surface area contributed by atoms with Gasteiger partial charge in [-0.25, -0.2) is 0 Å². The zero-order valence-electron chi connectivity index (χ0n) is 28.3. The van der Waals surface area contributed by atoms with E-state index in [-0.39, 0.29) is 0 Å². The van der Waals surface area contributed by atoms with Crippen LogP contribution < -0.4 is 4.90 Å². The molecule has 0 N–H and O–H groups in total. The van der Waals surface area contributed by atoms with Crippen molar-refractivity contribution in [3.05, 3.63) is 188 Å². The first-order valence-electron chi connectivity index (χ1n) is 17.8. The number of rotatable bonds is 6. The average molecular weight is 678 g/mol. The van der Waals surface area contributed by atoms with Crippen LogP contribution in [0.25, 0.3) is 86.2 Å². The smallest absolute Gasteiger partial charge is 0.0640 e. The Labute approximate surface area is 306 Å². The molecule has 1 aromatic heterocycles. The van der Waals surface area contributed by atoms with Gasteiger partial charge in [0.1, 0.15) is 0 Å². The van der Waals surface area contributed by atoms with Crippen LogP contribution in [0.1, 0.15) is 0 Å². The van der Waals surface area contributed by atoms with Crippen LogP contribution in [0.5, 0.6) is 0 Å². The lowest BCUT2D eigenvalue weighted by molar-refractivity contribution is 1.30. The van der Waals surface area contributed by atoms with E-state index < -0.39 is 0 Å². The highest BCUT2D eigenvalue weighted by Crippen LogP contribution is 2.49. The van der Waals surface area contributed by atoms with Crippen molar-refractivity contribution < 1.29 is 0 Å². The van der Waals surface area contributed by atoms with Crippen LogP contribution in [0.4, 0.5) is 17.1 Å². The third kappa shape index (κ3) is 4.62. The molecule has 0 atom stereocenters. The maximum Gasteiger partial charge on any atom is 0.0640 e. The lowest BCUT2D eigenvalue weighted by atomic mass is 9.90. The molecule has 0 radical (unpaired) electrons. The van der Waals surface area contributed by atoms with Crippen LogP contribution in [0, 0.1) is 0 Å². The first kappa shape index (κ1) is 29.3. The Hall–Kier alpha value is -6.48. The van der Waals surface area contributed by atoms with Crippen molar-refractivity contribution >= 4 is 70.1 Å². The van der Waals surface area contributed by atoms with Crippen LogP contribution >= 0.6 is 11.3 Å². The fraction of sp³-hybridized carbons (Fsp3) is 0.